The number of carbonyl (C=O) groups excluding carboxylic acids is 8. The molecule has 1 unspecified atom stereocenters. The molecule has 2 aromatic rings. The summed E-state index contributed by atoms with van der Waals surface area (Å²) in [7, 11) is 1.67. The van der Waals surface area contributed by atoms with Crippen molar-refractivity contribution in [3.05, 3.63) is 40.2 Å². The lowest BCUT2D eigenvalue weighted by atomic mass is 10.0. The molecule has 0 saturated heterocycles. The topological polar surface area (TPSA) is 668 Å². The number of aliphatic carboxylic acids is 9. The maximum atomic E-state index is 14.1. The second-order valence-corrected chi connectivity index (χ2v) is 21.5. The number of carboxylic acid groups (broad SMARTS) is 9. The van der Waals surface area contributed by atoms with E-state index in [9.17, 15) is 127 Å². The molecule has 0 fully saturated rings. The van der Waals surface area contributed by atoms with Crippen molar-refractivity contribution in [2.45, 2.75) is 157 Å². The van der Waals surface area contributed by atoms with E-state index in [0.717, 1.165) is 0 Å². The number of aromatic nitrogens is 2. The fourth-order valence-electron chi connectivity index (χ4n) is 9.08. The van der Waals surface area contributed by atoms with Crippen LogP contribution in [0.5, 0.6) is 0 Å². The van der Waals surface area contributed by atoms with Crippen LogP contribution in [-0.2, 0) is 76.7 Å². The first-order valence-corrected chi connectivity index (χ1v) is 29.2. The molecule has 1 aromatic carbocycles. The minimum Gasteiger partial charge on any atom is -0.481 e. The van der Waals surface area contributed by atoms with E-state index in [1.54, 1.807) is 11.9 Å². The largest absolute Gasteiger partial charge is 0.481 e. The average molecular weight is 1360 g/mol. The highest BCUT2D eigenvalue weighted by Gasteiger charge is 2.37. The van der Waals surface area contributed by atoms with Gasteiger partial charge in [0.2, 0.25) is 47.3 Å². The summed E-state index contributed by atoms with van der Waals surface area (Å²) >= 11 is 0. The van der Waals surface area contributed by atoms with E-state index in [0.29, 0.717) is 12.2 Å². The second-order valence-electron chi connectivity index (χ2n) is 21.5. The molecule has 526 valence electrons. The summed E-state index contributed by atoms with van der Waals surface area (Å²) in [5, 5.41) is 108. The predicted molar refractivity (Wildman–Crippen MR) is 322 cm³/mol. The number of carbonyl (C=O) groups is 17. The van der Waals surface area contributed by atoms with Crippen LogP contribution in [0.3, 0.4) is 0 Å². The van der Waals surface area contributed by atoms with Gasteiger partial charge in [-0.25, -0.2) is 4.79 Å². The van der Waals surface area contributed by atoms with Crippen LogP contribution >= 0.6 is 0 Å². The maximum Gasteiger partial charge on any atom is 0.326 e. The number of rotatable bonds is 44. The lowest BCUT2D eigenvalue weighted by molar-refractivity contribution is -0.144. The molecule has 1 aliphatic rings. The molecule has 0 spiro atoms. The van der Waals surface area contributed by atoms with Crippen LogP contribution in [0.2, 0.25) is 0 Å². The number of nitrogen functional groups attached to an aromatic ring is 1. The van der Waals surface area contributed by atoms with Gasteiger partial charge in [0.25, 0.3) is 11.5 Å². The number of benzene rings is 1. The first-order chi connectivity index (χ1) is 45.0. The quantitative estimate of drug-likeness (QED) is 0.0296. The van der Waals surface area contributed by atoms with E-state index in [1.165, 1.54) is 24.3 Å². The average Bonchev–Trinajstić information content (AvgIpc) is 0.794. The zero-order valence-corrected chi connectivity index (χ0v) is 51.1. The van der Waals surface area contributed by atoms with Crippen molar-refractivity contribution in [1.82, 2.24) is 52.5 Å². The molecule has 22 N–H and O–H groups in total. The number of hydrogen-bond acceptors (Lipinski definition) is 23. The summed E-state index contributed by atoms with van der Waals surface area (Å²) < 4.78 is 0. The van der Waals surface area contributed by atoms with Crippen LogP contribution in [0.25, 0.3) is 0 Å². The molecule has 1 aliphatic heterocycles. The molecule has 96 heavy (non-hydrogen) atoms. The lowest BCUT2D eigenvalue weighted by Gasteiger charge is -2.35. The summed E-state index contributed by atoms with van der Waals surface area (Å²) in [6, 6.07) is -10.7. The Balaban J connectivity index is 1.90. The second kappa shape index (κ2) is 38.3. The Morgan fingerprint density at radius 1 is 0.448 bits per heavy atom. The minimum atomic E-state index is -2.12. The van der Waals surface area contributed by atoms with Gasteiger partial charge >= 0.3 is 53.7 Å². The number of likely N-dealkylation sites (N-methyl/N-ethyl adjacent to an activating group) is 1. The first kappa shape index (κ1) is 78.5. The standard InChI is InChI=1S/C55H74N14O27/c1-69-26(23-58-44-43(69)53(94)68-55(56)67-44)22-57-25-4-2-24(3-5-25)45(86)59-27(6-14-35(70)71)46(87)60-28(7-15-36(72)73)47(88)61-29(8-16-37(74)75)48(89)62-30(9-17-38(76)77)49(90)63-31(10-18-39(78)79)50(91)64-32(11-19-40(80)81)51(92)65-33(12-20-41(82)83)52(93)66-34(54(95)96)13-21-42(84)85/h2-5,26-34,57H,6-23H2,1H3,(H,59,86)(H,60,87)(H,61,88)(H,62,89)(H,63,90)(H,64,91)(H,65,92)(H,66,93)(H,70,71)(H,72,73)(H,74,75)(H,76,77)(H,78,79)(H,80,81)(H,82,83)(H,84,85)(H,95,96)(H4,56,58,67,68,94)/t26?,27-,28-,29-,30-,31-,32-,33-,34-/m0/s1. The van der Waals surface area contributed by atoms with Crippen molar-refractivity contribution >= 4 is 124 Å². The van der Waals surface area contributed by atoms with Gasteiger partial charge in [0.15, 0.2) is 5.82 Å². The van der Waals surface area contributed by atoms with E-state index >= 15 is 0 Å². The number of nitrogens with two attached hydrogens (primary N) is 1. The minimum absolute atomic E-state index is 0.0711. The zero-order chi connectivity index (χ0) is 72.1. The van der Waals surface area contributed by atoms with Crippen molar-refractivity contribution in [2.75, 3.05) is 41.4 Å². The smallest absolute Gasteiger partial charge is 0.326 e. The van der Waals surface area contributed by atoms with Crippen molar-refractivity contribution in [3.8, 4) is 0 Å². The highest BCUT2D eigenvalue weighted by Crippen LogP contribution is 2.25. The molecule has 9 atom stereocenters. The molecule has 2 heterocycles. The Morgan fingerprint density at radius 2 is 0.719 bits per heavy atom. The van der Waals surface area contributed by atoms with Gasteiger partial charge in [-0.2, -0.15) is 4.98 Å². The summed E-state index contributed by atoms with van der Waals surface area (Å²) in [4.78, 5) is 237. The number of anilines is 4. The summed E-state index contributed by atoms with van der Waals surface area (Å²) in [5.41, 5.74) is 5.83. The third-order valence-corrected chi connectivity index (χ3v) is 14.2. The number of fused-ring (bicyclic) bond motifs is 1. The normalized spacial score (nSPS) is 14.7. The van der Waals surface area contributed by atoms with Gasteiger partial charge < -0.3 is 110 Å². The first-order valence-electron chi connectivity index (χ1n) is 29.2. The number of aromatic amines is 1. The van der Waals surface area contributed by atoms with Crippen LogP contribution in [0.4, 0.5) is 23.1 Å². The summed E-state index contributed by atoms with van der Waals surface area (Å²) in [6.07, 6.45) is -13.6. The van der Waals surface area contributed by atoms with Crippen molar-refractivity contribution < 1.29 is 127 Å². The van der Waals surface area contributed by atoms with Crippen molar-refractivity contribution in [1.29, 1.82) is 0 Å². The van der Waals surface area contributed by atoms with E-state index in [4.69, 9.17) is 10.8 Å². The molecule has 41 heteroatoms. The number of nitrogens with one attached hydrogen (secondary N) is 11. The fraction of sp³-hybridized carbons (Fsp3) is 0.509. The van der Waals surface area contributed by atoms with Crippen LogP contribution in [-0.4, -0.2) is 231 Å². The predicted octanol–water partition coefficient (Wildman–Crippen LogP) is -4.81. The Morgan fingerprint density at radius 3 is 1.00 bits per heavy atom. The summed E-state index contributed by atoms with van der Waals surface area (Å²) in [5.74, 6) is -24.9. The molecule has 0 aliphatic carbocycles. The number of H-pyrrole nitrogens is 1. The molecular weight excluding hydrogens is 1290 g/mol. The number of amides is 8. The van der Waals surface area contributed by atoms with E-state index < -0.39 is 258 Å². The number of nitrogens with zero attached hydrogens (tertiary/aromatic N) is 2. The molecule has 8 amide bonds. The van der Waals surface area contributed by atoms with E-state index in [-0.39, 0.29) is 35.6 Å². The SMILES string of the molecule is CN1c2c(nc(N)[nH]c2=O)NCC1CNc1ccc(C(=O)N[C@@H](CCC(=O)O)C(=O)N[C@@H](CCC(=O)O)C(=O)N[C@@H](CCC(=O)O)C(=O)N[C@@H](CCC(=O)O)C(=O)N[C@@H](CCC(=O)O)C(=O)N[C@@H](CCC(=O)O)C(=O)N[C@@H](CCC(=O)O)C(=O)N[C@@H](CCC(=O)O)C(=O)O)cc1. The third-order valence-electron chi connectivity index (χ3n) is 14.2. The van der Waals surface area contributed by atoms with Gasteiger partial charge in [0.05, 0.1) is 6.04 Å². The summed E-state index contributed by atoms with van der Waals surface area (Å²) in [6.45, 7) is 0.604. The third kappa shape index (κ3) is 27.6. The van der Waals surface area contributed by atoms with Crippen LogP contribution in [0, 0.1) is 0 Å². The Kier molecular flexibility index (Phi) is 31.4. The Hall–Kier alpha value is -11.7. The van der Waals surface area contributed by atoms with Crippen LogP contribution < -0.4 is 69.4 Å². The highest BCUT2D eigenvalue weighted by atomic mass is 16.4. The molecular formula is C55H74N14O27. The molecule has 41 nitrogen and oxygen atoms in total. The zero-order valence-electron chi connectivity index (χ0n) is 51.1. The van der Waals surface area contributed by atoms with Gasteiger partial charge in [0, 0.05) is 82.8 Å². The monoisotopic (exact) mass is 1360 g/mol. The van der Waals surface area contributed by atoms with Gasteiger partial charge in [-0.3, -0.25) is 86.5 Å². The van der Waals surface area contributed by atoms with E-state index in [2.05, 4.69) is 52.5 Å². The van der Waals surface area contributed by atoms with Gasteiger partial charge in [-0.05, 0) is 75.6 Å². The van der Waals surface area contributed by atoms with Gasteiger partial charge in [-0.1, -0.05) is 0 Å². The van der Waals surface area contributed by atoms with Crippen LogP contribution in [0.1, 0.15) is 113 Å². The molecule has 1 aromatic heterocycles. The molecule has 0 saturated carbocycles. The van der Waals surface area contributed by atoms with E-state index in [1.807, 2.05) is 10.6 Å². The fourth-order valence-corrected chi connectivity index (χ4v) is 9.08. The lowest BCUT2D eigenvalue weighted by Crippen LogP contribution is -2.60. The van der Waals surface area contributed by atoms with Crippen molar-refractivity contribution in [3.63, 3.8) is 0 Å². The van der Waals surface area contributed by atoms with Crippen molar-refractivity contribution in [2.24, 2.45) is 0 Å². The van der Waals surface area contributed by atoms with Crippen LogP contribution in [0.15, 0.2) is 29.1 Å². The Labute approximate surface area is 541 Å². The Bertz CT molecular complexity index is 3310. The van der Waals surface area contributed by atoms with Gasteiger partial charge in [0.1, 0.15) is 54.0 Å². The number of carboxylic acids is 9. The molecule has 3 rings (SSSR count). The molecule has 0 bridgehead atoms. The highest BCUT2D eigenvalue weighted by molar-refractivity contribution is 6.00. The molecule has 0 radical (unpaired) electrons. The maximum absolute atomic E-state index is 14.1. The van der Waals surface area contributed by atoms with Gasteiger partial charge in [-0.15, -0.1) is 0 Å². The number of hydrogen-bond donors (Lipinski definition) is 21.